The number of benzene rings is 1. The number of fused-ring (bicyclic) bond motifs is 1. The SMILES string of the molecule is CC(=O)Nc1ccc(C(=O)N2CCc3onc(C(=O)NCC4CC4)c3C2)cc1. The first-order chi connectivity index (χ1) is 13.5. The summed E-state index contributed by atoms with van der Waals surface area (Å²) in [6.45, 7) is 2.88. The highest BCUT2D eigenvalue weighted by Gasteiger charge is 2.31. The Morgan fingerprint density at radius 2 is 1.96 bits per heavy atom. The Labute approximate surface area is 162 Å². The van der Waals surface area contributed by atoms with E-state index in [2.05, 4.69) is 15.8 Å². The van der Waals surface area contributed by atoms with Crippen LogP contribution in [0.1, 0.15) is 51.9 Å². The summed E-state index contributed by atoms with van der Waals surface area (Å²) >= 11 is 0. The van der Waals surface area contributed by atoms with Crippen LogP contribution in [0.15, 0.2) is 28.8 Å². The molecule has 1 aliphatic heterocycles. The Morgan fingerprint density at radius 3 is 2.64 bits per heavy atom. The van der Waals surface area contributed by atoms with Gasteiger partial charge in [0, 0.05) is 43.2 Å². The molecule has 1 fully saturated rings. The van der Waals surface area contributed by atoms with Gasteiger partial charge in [0.05, 0.1) is 6.54 Å². The van der Waals surface area contributed by atoms with Gasteiger partial charge in [-0.15, -0.1) is 0 Å². The van der Waals surface area contributed by atoms with Crippen molar-refractivity contribution in [1.82, 2.24) is 15.4 Å². The molecule has 0 atom stereocenters. The Kier molecular flexibility index (Phi) is 4.85. The number of rotatable bonds is 5. The molecule has 8 heteroatoms. The fraction of sp³-hybridized carbons (Fsp3) is 0.400. The van der Waals surface area contributed by atoms with Crippen LogP contribution in [0.5, 0.6) is 0 Å². The second-order valence-corrected chi connectivity index (χ2v) is 7.32. The molecule has 0 bridgehead atoms. The average Bonchev–Trinajstić information content (AvgIpc) is 3.42. The molecule has 2 heterocycles. The molecule has 0 radical (unpaired) electrons. The first-order valence-corrected chi connectivity index (χ1v) is 9.44. The first kappa shape index (κ1) is 18.2. The zero-order valence-electron chi connectivity index (χ0n) is 15.7. The third kappa shape index (κ3) is 3.90. The normalized spacial score (nSPS) is 15.7. The van der Waals surface area contributed by atoms with Gasteiger partial charge in [-0.25, -0.2) is 0 Å². The van der Waals surface area contributed by atoms with E-state index in [9.17, 15) is 14.4 Å². The van der Waals surface area contributed by atoms with Gasteiger partial charge < -0.3 is 20.1 Å². The lowest BCUT2D eigenvalue weighted by Gasteiger charge is -2.26. The zero-order chi connectivity index (χ0) is 19.7. The summed E-state index contributed by atoms with van der Waals surface area (Å²) in [5.41, 5.74) is 2.12. The molecule has 2 aliphatic rings. The summed E-state index contributed by atoms with van der Waals surface area (Å²) in [6.07, 6.45) is 2.83. The van der Waals surface area contributed by atoms with E-state index in [-0.39, 0.29) is 30.0 Å². The number of anilines is 1. The molecule has 2 aromatic rings. The van der Waals surface area contributed by atoms with Crippen molar-refractivity contribution in [3.05, 3.63) is 46.8 Å². The van der Waals surface area contributed by atoms with Crippen LogP contribution in [-0.4, -0.2) is 40.9 Å². The number of hydrogen-bond donors (Lipinski definition) is 2. The van der Waals surface area contributed by atoms with Gasteiger partial charge in [-0.2, -0.15) is 0 Å². The van der Waals surface area contributed by atoms with Crippen LogP contribution in [0.2, 0.25) is 0 Å². The number of aromatic nitrogens is 1. The van der Waals surface area contributed by atoms with Crippen molar-refractivity contribution in [2.24, 2.45) is 5.92 Å². The molecule has 146 valence electrons. The maximum Gasteiger partial charge on any atom is 0.273 e. The van der Waals surface area contributed by atoms with Gasteiger partial charge in [-0.3, -0.25) is 14.4 Å². The number of carbonyl (C=O) groups excluding carboxylic acids is 3. The molecule has 2 N–H and O–H groups in total. The molecule has 0 spiro atoms. The average molecular weight is 382 g/mol. The topological polar surface area (TPSA) is 105 Å². The minimum atomic E-state index is -0.245. The van der Waals surface area contributed by atoms with Crippen LogP contribution >= 0.6 is 0 Å². The standard InChI is InChI=1S/C20H22N4O4/c1-12(25)22-15-6-4-14(5-7-15)20(27)24-9-8-17-16(11-24)18(23-28-17)19(26)21-10-13-2-3-13/h4-7,13H,2-3,8-11H2,1H3,(H,21,26)(H,22,25). The first-order valence-electron chi connectivity index (χ1n) is 9.44. The molecule has 3 amide bonds. The Hall–Kier alpha value is -3.16. The molecular formula is C20H22N4O4. The predicted octanol–water partition coefficient (Wildman–Crippen LogP) is 1.97. The Morgan fingerprint density at radius 1 is 1.21 bits per heavy atom. The fourth-order valence-electron chi connectivity index (χ4n) is 3.29. The number of nitrogens with zero attached hydrogens (tertiary/aromatic N) is 2. The summed E-state index contributed by atoms with van der Waals surface area (Å²) < 4.78 is 5.33. The molecule has 28 heavy (non-hydrogen) atoms. The second-order valence-electron chi connectivity index (χ2n) is 7.32. The van der Waals surface area contributed by atoms with Crippen LogP contribution in [-0.2, 0) is 17.8 Å². The van der Waals surface area contributed by atoms with Crippen LogP contribution < -0.4 is 10.6 Å². The van der Waals surface area contributed by atoms with Gasteiger partial charge in [0.1, 0.15) is 5.76 Å². The maximum absolute atomic E-state index is 12.9. The smallest absolute Gasteiger partial charge is 0.273 e. The predicted molar refractivity (Wildman–Crippen MR) is 101 cm³/mol. The van der Waals surface area contributed by atoms with E-state index in [0.717, 1.165) is 12.8 Å². The van der Waals surface area contributed by atoms with Gasteiger partial charge in [0.15, 0.2) is 5.69 Å². The van der Waals surface area contributed by atoms with E-state index in [1.807, 2.05) is 0 Å². The van der Waals surface area contributed by atoms with E-state index in [1.165, 1.54) is 6.92 Å². The lowest BCUT2D eigenvalue weighted by Crippen LogP contribution is -2.37. The van der Waals surface area contributed by atoms with Crippen molar-refractivity contribution >= 4 is 23.4 Å². The summed E-state index contributed by atoms with van der Waals surface area (Å²) in [7, 11) is 0. The number of amides is 3. The lowest BCUT2D eigenvalue weighted by molar-refractivity contribution is -0.114. The monoisotopic (exact) mass is 382 g/mol. The van der Waals surface area contributed by atoms with Gasteiger partial charge in [0.25, 0.3) is 11.8 Å². The van der Waals surface area contributed by atoms with Crippen LogP contribution in [0, 0.1) is 5.92 Å². The molecule has 1 aromatic heterocycles. The molecule has 4 rings (SSSR count). The largest absolute Gasteiger partial charge is 0.360 e. The van der Waals surface area contributed by atoms with Crippen molar-refractivity contribution < 1.29 is 18.9 Å². The van der Waals surface area contributed by atoms with Gasteiger partial charge in [0.2, 0.25) is 5.91 Å². The summed E-state index contributed by atoms with van der Waals surface area (Å²) in [5.74, 6) is 0.700. The highest BCUT2D eigenvalue weighted by molar-refractivity contribution is 5.97. The number of nitrogens with one attached hydrogen (secondary N) is 2. The maximum atomic E-state index is 12.9. The van der Waals surface area contributed by atoms with Crippen LogP contribution in [0.4, 0.5) is 5.69 Å². The number of carbonyl (C=O) groups is 3. The van der Waals surface area contributed by atoms with Gasteiger partial charge >= 0.3 is 0 Å². The zero-order valence-corrected chi connectivity index (χ0v) is 15.7. The van der Waals surface area contributed by atoms with E-state index in [4.69, 9.17) is 4.52 Å². The van der Waals surface area contributed by atoms with E-state index in [0.29, 0.717) is 48.0 Å². The van der Waals surface area contributed by atoms with Gasteiger partial charge in [-0.1, -0.05) is 5.16 Å². The van der Waals surface area contributed by atoms with Crippen molar-refractivity contribution in [2.75, 3.05) is 18.4 Å². The molecule has 1 saturated carbocycles. The summed E-state index contributed by atoms with van der Waals surface area (Å²) in [4.78, 5) is 38.1. The molecule has 1 aromatic carbocycles. The quantitative estimate of drug-likeness (QED) is 0.823. The lowest BCUT2D eigenvalue weighted by atomic mass is 10.0. The number of hydrogen-bond acceptors (Lipinski definition) is 5. The molecular weight excluding hydrogens is 360 g/mol. The highest BCUT2D eigenvalue weighted by atomic mass is 16.5. The fourth-order valence-corrected chi connectivity index (χ4v) is 3.29. The van der Waals surface area contributed by atoms with Crippen molar-refractivity contribution in [1.29, 1.82) is 0 Å². The Balaban J connectivity index is 1.45. The third-order valence-corrected chi connectivity index (χ3v) is 5.03. The van der Waals surface area contributed by atoms with E-state index in [1.54, 1.807) is 29.2 Å². The van der Waals surface area contributed by atoms with E-state index >= 15 is 0 Å². The third-order valence-electron chi connectivity index (χ3n) is 5.03. The van der Waals surface area contributed by atoms with Crippen LogP contribution in [0.3, 0.4) is 0 Å². The summed E-state index contributed by atoms with van der Waals surface area (Å²) in [6, 6.07) is 6.75. The summed E-state index contributed by atoms with van der Waals surface area (Å²) in [5, 5.41) is 9.51. The van der Waals surface area contributed by atoms with Crippen molar-refractivity contribution in [3.63, 3.8) is 0 Å². The van der Waals surface area contributed by atoms with Crippen LogP contribution in [0.25, 0.3) is 0 Å². The van der Waals surface area contributed by atoms with Crippen molar-refractivity contribution in [3.8, 4) is 0 Å². The minimum absolute atomic E-state index is 0.134. The second kappa shape index (κ2) is 7.46. The molecule has 1 aliphatic carbocycles. The van der Waals surface area contributed by atoms with Crippen molar-refractivity contribution in [2.45, 2.75) is 32.7 Å². The molecule has 8 nitrogen and oxygen atoms in total. The molecule has 0 saturated heterocycles. The van der Waals surface area contributed by atoms with Gasteiger partial charge in [-0.05, 0) is 43.0 Å². The highest BCUT2D eigenvalue weighted by Crippen LogP contribution is 2.28. The van der Waals surface area contributed by atoms with E-state index < -0.39 is 0 Å². The molecule has 0 unspecified atom stereocenters. The Bertz CT molecular complexity index is 915. The minimum Gasteiger partial charge on any atom is -0.360 e.